The molecule has 146 valence electrons. The van der Waals surface area contributed by atoms with Crippen LogP contribution in [0.15, 0.2) is 52.4 Å². The molecule has 3 N–H and O–H groups in total. The van der Waals surface area contributed by atoms with Gasteiger partial charge in [0, 0.05) is 25.8 Å². The van der Waals surface area contributed by atoms with Crippen LogP contribution in [0, 0.1) is 0 Å². The minimum Gasteiger partial charge on any atom is -0.493 e. The number of methoxy groups -OCH3 is 2. The number of hydrogen-bond acceptors (Lipinski definition) is 5. The van der Waals surface area contributed by atoms with E-state index in [0.29, 0.717) is 22.7 Å². The van der Waals surface area contributed by atoms with E-state index in [1.807, 2.05) is 0 Å². The Kier molecular flexibility index (Phi) is 6.65. The number of nitrogens with zero attached hydrogens (tertiary/aromatic N) is 2. The average molecular weight is 392 g/mol. The van der Waals surface area contributed by atoms with Crippen molar-refractivity contribution in [2.45, 2.75) is 11.4 Å². The number of rotatable bonds is 7. The molecule has 0 aliphatic carbocycles. The molecule has 0 aliphatic rings. The molecule has 0 unspecified atom stereocenters. The highest BCUT2D eigenvalue weighted by molar-refractivity contribution is 7.89. The fourth-order valence-electron chi connectivity index (χ4n) is 2.35. The van der Waals surface area contributed by atoms with E-state index in [0.717, 1.165) is 0 Å². The maximum absolute atomic E-state index is 12.4. The molecule has 8 nitrogen and oxygen atoms in total. The van der Waals surface area contributed by atoms with Crippen LogP contribution in [0.4, 0.5) is 5.69 Å². The highest BCUT2D eigenvalue weighted by Gasteiger charge is 2.20. The lowest BCUT2D eigenvalue weighted by Gasteiger charge is -2.14. The van der Waals surface area contributed by atoms with Gasteiger partial charge in [-0.2, -0.15) is 0 Å². The molecule has 0 saturated heterocycles. The third kappa shape index (κ3) is 4.89. The van der Waals surface area contributed by atoms with Crippen LogP contribution in [0.1, 0.15) is 5.56 Å². The summed E-state index contributed by atoms with van der Waals surface area (Å²) < 4.78 is 36.5. The van der Waals surface area contributed by atoms with Crippen LogP contribution in [-0.2, 0) is 16.6 Å². The highest BCUT2D eigenvalue weighted by Crippen LogP contribution is 2.29. The van der Waals surface area contributed by atoms with Crippen molar-refractivity contribution in [3.8, 4) is 11.5 Å². The van der Waals surface area contributed by atoms with Crippen LogP contribution >= 0.6 is 0 Å². The summed E-state index contributed by atoms with van der Waals surface area (Å²) in [5, 5.41) is 2.95. The SMILES string of the molecule is COc1ccc(NC(N)=NCc2ccccc2S(=O)(=O)N(C)C)cc1OC. The summed E-state index contributed by atoms with van der Waals surface area (Å²) in [7, 11) is 2.52. The summed E-state index contributed by atoms with van der Waals surface area (Å²) in [5.41, 5.74) is 7.17. The second kappa shape index (κ2) is 8.74. The van der Waals surface area contributed by atoms with E-state index >= 15 is 0 Å². The van der Waals surface area contributed by atoms with Crippen molar-refractivity contribution in [3.05, 3.63) is 48.0 Å². The van der Waals surface area contributed by atoms with Gasteiger partial charge >= 0.3 is 0 Å². The summed E-state index contributed by atoms with van der Waals surface area (Å²) in [6.45, 7) is 0.120. The molecular formula is C18H24N4O4S. The van der Waals surface area contributed by atoms with Crippen LogP contribution in [0.3, 0.4) is 0 Å². The Hall–Kier alpha value is -2.78. The molecule has 0 aromatic heterocycles. The Bertz CT molecular complexity index is 927. The summed E-state index contributed by atoms with van der Waals surface area (Å²) >= 11 is 0. The van der Waals surface area contributed by atoms with Gasteiger partial charge in [-0.25, -0.2) is 17.7 Å². The number of anilines is 1. The van der Waals surface area contributed by atoms with Gasteiger partial charge in [-0.1, -0.05) is 18.2 Å². The molecule has 0 amide bonds. The normalized spacial score (nSPS) is 12.1. The maximum Gasteiger partial charge on any atom is 0.242 e. The van der Waals surface area contributed by atoms with Crippen molar-refractivity contribution in [1.82, 2.24) is 4.31 Å². The number of benzene rings is 2. The number of nitrogens with two attached hydrogens (primary N) is 1. The molecule has 2 rings (SSSR count). The highest BCUT2D eigenvalue weighted by atomic mass is 32.2. The second-order valence-electron chi connectivity index (χ2n) is 5.79. The Morgan fingerprint density at radius 1 is 1.11 bits per heavy atom. The monoisotopic (exact) mass is 392 g/mol. The molecule has 9 heteroatoms. The van der Waals surface area contributed by atoms with Gasteiger partial charge in [-0.05, 0) is 23.8 Å². The lowest BCUT2D eigenvalue weighted by atomic mass is 10.2. The minimum atomic E-state index is -3.56. The van der Waals surface area contributed by atoms with E-state index < -0.39 is 10.0 Å². The maximum atomic E-state index is 12.4. The van der Waals surface area contributed by atoms with E-state index in [9.17, 15) is 8.42 Å². The minimum absolute atomic E-state index is 0.120. The van der Waals surface area contributed by atoms with Gasteiger partial charge in [0.1, 0.15) is 0 Å². The predicted octanol–water partition coefficient (Wildman–Crippen LogP) is 1.88. The van der Waals surface area contributed by atoms with Gasteiger partial charge in [0.05, 0.1) is 25.7 Å². The zero-order valence-electron chi connectivity index (χ0n) is 15.8. The van der Waals surface area contributed by atoms with Crippen LogP contribution in [-0.4, -0.2) is 47.0 Å². The molecule has 0 radical (unpaired) electrons. The molecule has 0 atom stereocenters. The largest absolute Gasteiger partial charge is 0.493 e. The standard InChI is InChI=1S/C18H24N4O4S/c1-22(2)27(23,24)17-8-6-5-7-13(17)12-20-18(19)21-14-9-10-15(25-3)16(11-14)26-4/h5-11H,12H2,1-4H3,(H3,19,20,21). The summed E-state index contributed by atoms with van der Waals surface area (Å²) in [6, 6.07) is 11.9. The molecular weight excluding hydrogens is 368 g/mol. The molecule has 0 heterocycles. The van der Waals surface area contributed by atoms with Crippen LogP contribution < -0.4 is 20.5 Å². The second-order valence-corrected chi connectivity index (χ2v) is 7.91. The molecule has 0 saturated carbocycles. The Morgan fingerprint density at radius 3 is 2.41 bits per heavy atom. The van der Waals surface area contributed by atoms with E-state index in [1.165, 1.54) is 18.4 Å². The predicted molar refractivity (Wildman–Crippen MR) is 106 cm³/mol. The van der Waals surface area contributed by atoms with E-state index in [2.05, 4.69) is 10.3 Å². The Balaban J connectivity index is 2.20. The van der Waals surface area contributed by atoms with Crippen molar-refractivity contribution >= 4 is 21.7 Å². The molecule has 0 aliphatic heterocycles. The summed E-state index contributed by atoms with van der Waals surface area (Å²) in [4.78, 5) is 4.46. The number of nitrogens with one attached hydrogen (secondary N) is 1. The Morgan fingerprint density at radius 2 is 1.78 bits per heavy atom. The van der Waals surface area contributed by atoms with E-state index in [-0.39, 0.29) is 17.4 Å². The van der Waals surface area contributed by atoms with Crippen molar-refractivity contribution in [2.24, 2.45) is 10.7 Å². The number of guanidine groups is 1. The Labute approximate surface area is 159 Å². The first-order valence-electron chi connectivity index (χ1n) is 8.09. The van der Waals surface area contributed by atoms with Crippen LogP contribution in [0.25, 0.3) is 0 Å². The van der Waals surface area contributed by atoms with E-state index in [4.69, 9.17) is 15.2 Å². The first kappa shape index (κ1) is 20.5. The zero-order valence-corrected chi connectivity index (χ0v) is 16.6. The van der Waals surface area contributed by atoms with Crippen LogP contribution in [0.5, 0.6) is 11.5 Å². The lowest BCUT2D eigenvalue weighted by molar-refractivity contribution is 0.355. The fraction of sp³-hybridized carbons (Fsp3) is 0.278. The molecule has 0 fully saturated rings. The van der Waals surface area contributed by atoms with Crippen molar-refractivity contribution in [3.63, 3.8) is 0 Å². The van der Waals surface area contributed by atoms with Gasteiger partial charge in [0.2, 0.25) is 10.0 Å². The fourth-order valence-corrected chi connectivity index (χ4v) is 3.46. The van der Waals surface area contributed by atoms with Gasteiger partial charge in [-0.3, -0.25) is 0 Å². The topological polar surface area (TPSA) is 106 Å². The van der Waals surface area contributed by atoms with Crippen LogP contribution in [0.2, 0.25) is 0 Å². The molecule has 27 heavy (non-hydrogen) atoms. The van der Waals surface area contributed by atoms with E-state index in [1.54, 1.807) is 56.7 Å². The first-order chi connectivity index (χ1) is 12.8. The third-order valence-corrected chi connectivity index (χ3v) is 5.72. The average Bonchev–Trinajstić information content (AvgIpc) is 2.66. The van der Waals surface area contributed by atoms with Crippen molar-refractivity contribution < 1.29 is 17.9 Å². The summed E-state index contributed by atoms with van der Waals surface area (Å²) in [5.74, 6) is 1.30. The number of aliphatic imine (C=N–C) groups is 1. The van der Waals surface area contributed by atoms with Gasteiger partial charge < -0.3 is 20.5 Å². The van der Waals surface area contributed by atoms with Crippen molar-refractivity contribution in [1.29, 1.82) is 0 Å². The number of hydrogen-bond donors (Lipinski definition) is 2. The molecule has 2 aromatic carbocycles. The number of ether oxygens (including phenoxy) is 2. The van der Waals surface area contributed by atoms with Crippen molar-refractivity contribution in [2.75, 3.05) is 33.6 Å². The summed E-state index contributed by atoms with van der Waals surface area (Å²) in [6.07, 6.45) is 0. The molecule has 0 spiro atoms. The van der Waals surface area contributed by atoms with Gasteiger partial charge in [0.25, 0.3) is 0 Å². The zero-order chi connectivity index (χ0) is 20.0. The third-order valence-electron chi connectivity index (χ3n) is 3.81. The lowest BCUT2D eigenvalue weighted by Crippen LogP contribution is -2.24. The van der Waals surface area contributed by atoms with Gasteiger partial charge in [-0.15, -0.1) is 0 Å². The molecule has 0 bridgehead atoms. The number of sulfonamides is 1. The quantitative estimate of drug-likeness (QED) is 0.550. The first-order valence-corrected chi connectivity index (χ1v) is 9.53. The van der Waals surface area contributed by atoms with Gasteiger partial charge in [0.15, 0.2) is 17.5 Å². The smallest absolute Gasteiger partial charge is 0.242 e. The molecule has 2 aromatic rings.